The molecule has 1 aromatic carbocycles. The van der Waals surface area contributed by atoms with Gasteiger partial charge in [-0.1, -0.05) is 24.1 Å². The topological polar surface area (TPSA) is 196 Å². The molecule has 16 heteroatoms. The number of benzene rings is 1. The second kappa shape index (κ2) is 12.2. The molecular weight excluding hydrogens is 569 g/mol. The number of carbonyl (C=O) groups excluding carboxylic acids is 1. The minimum Gasteiger partial charge on any atom is -0.461 e. The Kier molecular flexibility index (Phi) is 9.07. The van der Waals surface area contributed by atoms with Crippen LogP contribution in [0.2, 0.25) is 0 Å². The van der Waals surface area contributed by atoms with Gasteiger partial charge in [-0.25, -0.2) is 14.3 Å². The van der Waals surface area contributed by atoms with E-state index in [9.17, 15) is 19.6 Å². The number of nitrogens with zero attached hydrogens (tertiary/aromatic N) is 5. The van der Waals surface area contributed by atoms with E-state index in [1.165, 1.54) is 30.0 Å². The van der Waals surface area contributed by atoms with Crippen LogP contribution >= 0.6 is 7.75 Å². The fourth-order valence-corrected chi connectivity index (χ4v) is 5.70. The summed E-state index contributed by atoms with van der Waals surface area (Å²) in [5.74, 6) is 1.88. The summed E-state index contributed by atoms with van der Waals surface area (Å²) in [7, 11) is -0.882. The number of anilines is 2. The lowest BCUT2D eigenvalue weighted by Crippen LogP contribution is -2.44. The maximum absolute atomic E-state index is 13.9. The first-order chi connectivity index (χ1) is 19.8. The third-order valence-electron chi connectivity index (χ3n) is 6.27. The third-order valence-corrected chi connectivity index (χ3v) is 7.78. The summed E-state index contributed by atoms with van der Waals surface area (Å²) in [5, 5.41) is 24.8. The third kappa shape index (κ3) is 6.49. The van der Waals surface area contributed by atoms with E-state index in [-0.39, 0.29) is 17.3 Å². The first-order valence-electron chi connectivity index (χ1n) is 12.9. The van der Waals surface area contributed by atoms with Crippen molar-refractivity contribution in [3.63, 3.8) is 0 Å². The molecule has 3 aromatic rings. The number of nitrogen functional groups attached to an aromatic ring is 1. The van der Waals surface area contributed by atoms with Crippen molar-refractivity contribution in [2.45, 2.75) is 57.0 Å². The Morgan fingerprint density at radius 2 is 2.02 bits per heavy atom. The predicted octanol–water partition coefficient (Wildman–Crippen LogP) is 1.23. The van der Waals surface area contributed by atoms with Crippen molar-refractivity contribution in [3.8, 4) is 18.1 Å². The Balaban J connectivity index is 1.59. The van der Waals surface area contributed by atoms with Crippen LogP contribution in [0.3, 0.4) is 0 Å². The minimum atomic E-state index is -4.40. The summed E-state index contributed by atoms with van der Waals surface area (Å²) < 4.78 is 37.7. The monoisotopic (exact) mass is 603 g/mol. The normalized spacial score (nSPS) is 24.2. The van der Waals surface area contributed by atoms with E-state index >= 15 is 0 Å². The van der Waals surface area contributed by atoms with Crippen LogP contribution in [-0.4, -0.2) is 86.4 Å². The average molecular weight is 604 g/mol. The molecule has 1 aliphatic rings. The van der Waals surface area contributed by atoms with Crippen molar-refractivity contribution in [2.24, 2.45) is 0 Å². The van der Waals surface area contributed by atoms with E-state index in [1.807, 2.05) is 0 Å². The van der Waals surface area contributed by atoms with Crippen LogP contribution in [0, 0.1) is 12.3 Å². The maximum Gasteiger partial charge on any atom is 0.460 e. The van der Waals surface area contributed by atoms with Crippen molar-refractivity contribution in [2.75, 3.05) is 31.3 Å². The Morgan fingerprint density at radius 1 is 1.33 bits per heavy atom. The zero-order valence-electron chi connectivity index (χ0n) is 23.7. The molecule has 1 saturated heterocycles. The fourth-order valence-electron chi connectivity index (χ4n) is 4.28. The van der Waals surface area contributed by atoms with E-state index in [1.54, 1.807) is 51.0 Å². The van der Waals surface area contributed by atoms with Crippen LogP contribution in [0.15, 0.2) is 36.7 Å². The first kappa shape index (κ1) is 31.2. The molecule has 42 heavy (non-hydrogen) atoms. The number of para-hydroxylation sites is 1. The van der Waals surface area contributed by atoms with Gasteiger partial charge in [0, 0.05) is 14.1 Å². The summed E-state index contributed by atoms with van der Waals surface area (Å²) in [5.41, 5.74) is 4.66. The predicted molar refractivity (Wildman–Crippen MR) is 152 cm³/mol. The highest BCUT2D eigenvalue weighted by Gasteiger charge is 2.54. The van der Waals surface area contributed by atoms with Gasteiger partial charge >= 0.3 is 13.7 Å². The number of esters is 1. The van der Waals surface area contributed by atoms with Crippen molar-refractivity contribution in [1.82, 2.24) is 24.6 Å². The van der Waals surface area contributed by atoms with Gasteiger partial charge in [-0.2, -0.15) is 15.1 Å². The smallest absolute Gasteiger partial charge is 0.460 e. The summed E-state index contributed by atoms with van der Waals surface area (Å²) in [6, 6.07) is 6.57. The quantitative estimate of drug-likeness (QED) is 0.139. The molecule has 3 heterocycles. The van der Waals surface area contributed by atoms with E-state index in [4.69, 9.17) is 30.7 Å². The Bertz CT molecular complexity index is 1510. The number of aromatic nitrogens is 4. The number of terminal acetylenes is 1. The number of fused-ring (bicyclic) bond motifs is 1. The number of carbonyl (C=O) groups is 1. The van der Waals surface area contributed by atoms with Gasteiger partial charge in [0.15, 0.2) is 29.3 Å². The molecule has 0 aliphatic carbocycles. The standard InChI is InChI=1S/C26H34N7O8P/c1-7-17(23(35)39-15(2)3)31-42(37,41-16-11-9-8-10-12-16)38-13-18-20(34)26(4,36)24(40-18)33-14-28-19-21(32(5)6)29-25(27)30-22(19)33/h1,8-12,14-15,17-18,20,24,34,36H,13H2,2-6H3,(H,31,37)(H2,27,29,30)/t17-,18+,20+,24+,26+,42?/m0/s1. The summed E-state index contributed by atoms with van der Waals surface area (Å²) in [4.78, 5) is 27.0. The molecule has 0 spiro atoms. The molecule has 5 N–H and O–H groups in total. The molecule has 226 valence electrons. The SMILES string of the molecule is C#C[C@H](NP(=O)(OC[C@H]1O[C@@H](n2cnc3c(N(C)C)nc(N)nc32)[C@](C)(O)[C@@H]1O)Oc1ccccc1)C(=O)OC(C)C. The van der Waals surface area contributed by atoms with Crippen molar-refractivity contribution in [3.05, 3.63) is 36.7 Å². The van der Waals surface area contributed by atoms with Gasteiger partial charge in [0.2, 0.25) is 5.95 Å². The molecule has 1 unspecified atom stereocenters. The highest BCUT2D eigenvalue weighted by molar-refractivity contribution is 7.52. The lowest BCUT2D eigenvalue weighted by atomic mass is 9.96. The van der Waals surface area contributed by atoms with Gasteiger partial charge in [0.25, 0.3) is 0 Å². The Morgan fingerprint density at radius 3 is 2.64 bits per heavy atom. The van der Waals surface area contributed by atoms with Crippen LogP contribution in [0.1, 0.15) is 27.0 Å². The number of imidazole rings is 1. The highest BCUT2D eigenvalue weighted by atomic mass is 31.2. The molecule has 0 bridgehead atoms. The van der Waals surface area contributed by atoms with Gasteiger partial charge in [-0.05, 0) is 32.9 Å². The number of ether oxygens (including phenoxy) is 2. The number of nitrogens with one attached hydrogen (secondary N) is 1. The van der Waals surface area contributed by atoms with Gasteiger partial charge < -0.3 is 34.8 Å². The van der Waals surface area contributed by atoms with E-state index < -0.39 is 56.5 Å². The van der Waals surface area contributed by atoms with Crippen LogP contribution in [0.4, 0.5) is 11.8 Å². The summed E-state index contributed by atoms with van der Waals surface area (Å²) in [6.45, 7) is 4.08. The minimum absolute atomic E-state index is 0.0323. The fraction of sp³-hybridized carbons (Fsp3) is 0.462. The number of nitrogens with two attached hydrogens (primary N) is 1. The number of hydrogen-bond donors (Lipinski definition) is 4. The van der Waals surface area contributed by atoms with Crippen molar-refractivity contribution in [1.29, 1.82) is 0 Å². The molecule has 0 radical (unpaired) electrons. The second-order valence-electron chi connectivity index (χ2n) is 10.2. The largest absolute Gasteiger partial charge is 0.461 e. The summed E-state index contributed by atoms with van der Waals surface area (Å²) >= 11 is 0. The maximum atomic E-state index is 13.9. The zero-order valence-corrected chi connectivity index (χ0v) is 24.6. The number of aliphatic hydroxyl groups is 2. The van der Waals surface area contributed by atoms with Crippen LogP contribution in [-0.2, 0) is 23.4 Å². The van der Waals surface area contributed by atoms with Gasteiger partial charge in [-0.15, -0.1) is 6.42 Å². The molecule has 2 aromatic heterocycles. The number of rotatable bonds is 11. The van der Waals surface area contributed by atoms with Crippen LogP contribution in [0.25, 0.3) is 11.2 Å². The Labute approximate surface area is 242 Å². The molecule has 15 nitrogen and oxygen atoms in total. The lowest BCUT2D eigenvalue weighted by molar-refractivity contribution is -0.148. The number of aliphatic hydroxyl groups excluding tert-OH is 1. The van der Waals surface area contributed by atoms with Gasteiger partial charge in [0.05, 0.1) is 19.0 Å². The van der Waals surface area contributed by atoms with Crippen LogP contribution < -0.4 is 20.2 Å². The molecular formula is C26H34N7O8P. The molecule has 0 amide bonds. The molecule has 6 atom stereocenters. The van der Waals surface area contributed by atoms with Crippen molar-refractivity contribution >= 4 is 36.6 Å². The Hall–Kier alpha value is -3.77. The first-order valence-corrected chi connectivity index (χ1v) is 14.5. The zero-order chi connectivity index (χ0) is 30.8. The summed E-state index contributed by atoms with van der Waals surface area (Å²) in [6.07, 6.45) is 2.43. The highest BCUT2D eigenvalue weighted by Crippen LogP contribution is 2.47. The molecule has 1 fully saturated rings. The number of hydrogen-bond acceptors (Lipinski definition) is 13. The second-order valence-corrected chi connectivity index (χ2v) is 11.9. The van der Waals surface area contributed by atoms with Crippen LogP contribution in [0.5, 0.6) is 5.75 Å². The van der Waals surface area contributed by atoms with Crippen molar-refractivity contribution < 1.29 is 38.1 Å². The molecule has 0 saturated carbocycles. The van der Waals surface area contributed by atoms with E-state index in [0.717, 1.165) is 0 Å². The average Bonchev–Trinajstić information content (AvgIpc) is 3.43. The lowest BCUT2D eigenvalue weighted by Gasteiger charge is -2.27. The van der Waals surface area contributed by atoms with Gasteiger partial charge in [-0.3, -0.25) is 9.09 Å². The van der Waals surface area contributed by atoms with E-state index in [2.05, 4.69) is 26.0 Å². The van der Waals surface area contributed by atoms with Gasteiger partial charge in [0.1, 0.15) is 23.6 Å². The van der Waals surface area contributed by atoms with E-state index in [0.29, 0.717) is 11.3 Å². The molecule has 1 aliphatic heterocycles. The molecule has 4 rings (SSSR count).